The van der Waals surface area contributed by atoms with Gasteiger partial charge in [-0.1, -0.05) is 12.1 Å². The number of nitrogens with zero attached hydrogens (tertiary/aromatic N) is 1. The molecule has 1 aliphatic rings. The van der Waals surface area contributed by atoms with Gasteiger partial charge in [0.2, 0.25) is 15.9 Å². The molecule has 2 unspecified atom stereocenters. The normalized spacial score (nSPS) is 21.4. The highest BCUT2D eigenvalue weighted by molar-refractivity contribution is 7.89. The van der Waals surface area contributed by atoms with Crippen LogP contribution >= 0.6 is 0 Å². The number of carbonyl (C=O) groups is 1. The Hall–Kier alpha value is -1.44. The van der Waals surface area contributed by atoms with Crippen molar-refractivity contribution in [2.45, 2.75) is 36.8 Å². The van der Waals surface area contributed by atoms with Gasteiger partial charge in [0.15, 0.2) is 0 Å². The summed E-state index contributed by atoms with van der Waals surface area (Å²) in [5, 5.41) is 9.43. The molecule has 0 aliphatic carbocycles. The number of piperidine rings is 1. The molecule has 1 fully saturated rings. The maximum absolute atomic E-state index is 12.3. The molecular formula is C14H20N2O4S. The zero-order valence-corrected chi connectivity index (χ0v) is 12.9. The summed E-state index contributed by atoms with van der Waals surface area (Å²) in [5.41, 5.74) is 0.664. The molecule has 1 aromatic carbocycles. The fourth-order valence-corrected chi connectivity index (χ4v) is 3.58. The molecule has 0 radical (unpaired) electrons. The Balaban J connectivity index is 2.09. The van der Waals surface area contributed by atoms with E-state index in [4.69, 9.17) is 0 Å². The topological polar surface area (TPSA) is 86.7 Å². The predicted molar refractivity (Wildman–Crippen MR) is 78.1 cm³/mol. The molecule has 0 spiro atoms. The van der Waals surface area contributed by atoms with Gasteiger partial charge in [-0.15, -0.1) is 0 Å². The lowest BCUT2D eigenvalue weighted by atomic mass is 10.1. The summed E-state index contributed by atoms with van der Waals surface area (Å²) in [6, 6.07) is 5.87. The summed E-state index contributed by atoms with van der Waals surface area (Å²) < 4.78 is 27.2. The lowest BCUT2D eigenvalue weighted by Gasteiger charge is -2.29. The number of rotatable bonds is 4. The van der Waals surface area contributed by atoms with Crippen molar-refractivity contribution >= 4 is 15.9 Å². The van der Waals surface area contributed by atoms with Crippen LogP contribution in [0, 0.1) is 0 Å². The molecule has 2 rings (SSSR count). The van der Waals surface area contributed by atoms with Gasteiger partial charge in [-0.2, -0.15) is 0 Å². The quantitative estimate of drug-likeness (QED) is 0.854. The molecule has 116 valence electrons. The number of nitrogens with one attached hydrogen (secondary N) is 1. The molecule has 21 heavy (non-hydrogen) atoms. The van der Waals surface area contributed by atoms with E-state index in [1.807, 2.05) is 0 Å². The number of amides is 1. The van der Waals surface area contributed by atoms with Gasteiger partial charge < -0.3 is 10.0 Å². The Morgan fingerprint density at radius 2 is 1.95 bits per heavy atom. The van der Waals surface area contributed by atoms with Gasteiger partial charge in [0.25, 0.3) is 0 Å². The first-order chi connectivity index (χ1) is 9.79. The third-order valence-corrected chi connectivity index (χ3v) is 5.16. The zero-order valence-electron chi connectivity index (χ0n) is 12.1. The average Bonchev–Trinajstić information content (AvgIpc) is 2.43. The largest absolute Gasteiger partial charge is 0.389 e. The highest BCUT2D eigenvalue weighted by Gasteiger charge is 2.27. The van der Waals surface area contributed by atoms with Crippen LogP contribution in [0.1, 0.15) is 31.4 Å². The van der Waals surface area contributed by atoms with Crippen LogP contribution in [0.5, 0.6) is 0 Å². The van der Waals surface area contributed by atoms with Crippen molar-refractivity contribution in [3.05, 3.63) is 29.8 Å². The van der Waals surface area contributed by atoms with Gasteiger partial charge in [0, 0.05) is 26.1 Å². The van der Waals surface area contributed by atoms with Crippen LogP contribution in [0.25, 0.3) is 0 Å². The molecule has 1 aliphatic heterocycles. The van der Waals surface area contributed by atoms with Gasteiger partial charge in [-0.25, -0.2) is 13.1 Å². The number of hydrogen-bond acceptors (Lipinski definition) is 4. The minimum atomic E-state index is -3.61. The van der Waals surface area contributed by atoms with E-state index in [0.29, 0.717) is 24.9 Å². The first-order valence-corrected chi connectivity index (χ1v) is 8.32. The van der Waals surface area contributed by atoms with Crippen molar-refractivity contribution in [2.24, 2.45) is 0 Å². The molecule has 7 heteroatoms. The van der Waals surface area contributed by atoms with E-state index in [-0.39, 0.29) is 16.8 Å². The molecule has 0 saturated carbocycles. The lowest BCUT2D eigenvalue weighted by molar-refractivity contribution is -0.132. The Labute approximate surface area is 124 Å². The van der Waals surface area contributed by atoms with E-state index < -0.39 is 16.1 Å². The van der Waals surface area contributed by atoms with E-state index in [0.717, 1.165) is 0 Å². The van der Waals surface area contributed by atoms with Gasteiger partial charge >= 0.3 is 0 Å². The molecule has 0 bridgehead atoms. The number of aliphatic hydroxyl groups excluding tert-OH is 1. The smallest absolute Gasteiger partial charge is 0.240 e. The zero-order chi connectivity index (χ0) is 15.6. The Kier molecular flexibility index (Phi) is 4.65. The second-order valence-electron chi connectivity index (χ2n) is 5.38. The van der Waals surface area contributed by atoms with Crippen LogP contribution in [-0.2, 0) is 14.8 Å². The molecule has 6 nitrogen and oxygen atoms in total. The first-order valence-electron chi connectivity index (χ1n) is 6.84. The van der Waals surface area contributed by atoms with Crippen LogP contribution in [0.4, 0.5) is 0 Å². The predicted octanol–water partition coefficient (Wildman–Crippen LogP) is 0.639. The third-order valence-electron chi connectivity index (χ3n) is 3.62. The number of aliphatic hydroxyl groups is 1. The number of carbonyl (C=O) groups excluding carboxylic acids is 1. The highest BCUT2D eigenvalue weighted by atomic mass is 32.2. The summed E-state index contributed by atoms with van der Waals surface area (Å²) in [7, 11) is -1.95. The van der Waals surface area contributed by atoms with Crippen molar-refractivity contribution in [1.82, 2.24) is 9.62 Å². The van der Waals surface area contributed by atoms with Crippen molar-refractivity contribution in [3.63, 3.8) is 0 Å². The monoisotopic (exact) mass is 312 g/mol. The summed E-state index contributed by atoms with van der Waals surface area (Å²) in [6.07, 6.45) is 0.228. The van der Waals surface area contributed by atoms with Crippen molar-refractivity contribution < 1.29 is 18.3 Å². The van der Waals surface area contributed by atoms with E-state index in [1.165, 1.54) is 17.0 Å². The molecule has 2 atom stereocenters. The molecule has 1 saturated heterocycles. The second-order valence-corrected chi connectivity index (χ2v) is 7.09. The molecule has 0 aromatic heterocycles. The molecule has 2 N–H and O–H groups in total. The minimum Gasteiger partial charge on any atom is -0.389 e. The maximum Gasteiger partial charge on any atom is 0.240 e. The van der Waals surface area contributed by atoms with Gasteiger partial charge in [-0.3, -0.25) is 4.79 Å². The molecule has 1 heterocycles. The van der Waals surface area contributed by atoms with Crippen LogP contribution in [0.3, 0.4) is 0 Å². The number of benzene rings is 1. The molecule has 1 amide bonds. The van der Waals surface area contributed by atoms with E-state index in [1.54, 1.807) is 26.1 Å². The van der Waals surface area contributed by atoms with E-state index in [9.17, 15) is 18.3 Å². The van der Waals surface area contributed by atoms with Gasteiger partial charge in [0.1, 0.15) is 0 Å². The van der Waals surface area contributed by atoms with Crippen LogP contribution in [0.2, 0.25) is 0 Å². The van der Waals surface area contributed by atoms with Crippen molar-refractivity contribution in [1.29, 1.82) is 0 Å². The Bertz CT molecular complexity index is 610. The van der Waals surface area contributed by atoms with Gasteiger partial charge in [0.05, 0.1) is 11.0 Å². The Morgan fingerprint density at radius 1 is 1.33 bits per heavy atom. The number of likely N-dealkylation sites (tertiary alicyclic amines) is 1. The van der Waals surface area contributed by atoms with E-state index in [2.05, 4.69) is 4.72 Å². The Morgan fingerprint density at radius 3 is 2.48 bits per heavy atom. The van der Waals surface area contributed by atoms with Crippen LogP contribution in [0.15, 0.2) is 29.2 Å². The van der Waals surface area contributed by atoms with Crippen molar-refractivity contribution in [2.75, 3.05) is 13.6 Å². The van der Waals surface area contributed by atoms with E-state index >= 15 is 0 Å². The minimum absolute atomic E-state index is 0.0340. The SMILES string of the molecule is CC(O)c1ccc(S(=O)(=O)NC2CCC(=O)N(C)C2)cc1. The molecular weight excluding hydrogens is 292 g/mol. The summed E-state index contributed by atoms with van der Waals surface area (Å²) in [4.78, 5) is 13.1. The number of sulfonamides is 1. The van der Waals surface area contributed by atoms with Crippen LogP contribution < -0.4 is 4.72 Å². The number of hydrogen-bond donors (Lipinski definition) is 2. The maximum atomic E-state index is 12.3. The summed E-state index contributed by atoms with van der Waals surface area (Å²) in [6.45, 7) is 2.00. The fraction of sp³-hybridized carbons (Fsp3) is 0.500. The third kappa shape index (κ3) is 3.81. The lowest BCUT2D eigenvalue weighted by Crippen LogP contribution is -2.48. The standard InChI is InChI=1S/C14H20N2O4S/c1-10(17)11-3-6-13(7-4-11)21(19,20)15-12-5-8-14(18)16(2)9-12/h3-4,6-7,10,12,15,17H,5,8-9H2,1-2H3. The average molecular weight is 312 g/mol. The second kappa shape index (κ2) is 6.13. The highest BCUT2D eigenvalue weighted by Crippen LogP contribution is 2.17. The van der Waals surface area contributed by atoms with Gasteiger partial charge in [-0.05, 0) is 31.0 Å². The summed E-state index contributed by atoms with van der Waals surface area (Å²) in [5.74, 6) is 0.0340. The molecule has 1 aromatic rings. The number of likely N-dealkylation sites (N-methyl/N-ethyl adjacent to an activating group) is 1. The van der Waals surface area contributed by atoms with Crippen LogP contribution in [-0.4, -0.2) is 44.0 Å². The first kappa shape index (κ1) is 15.9. The fourth-order valence-electron chi connectivity index (χ4n) is 2.32. The summed E-state index contributed by atoms with van der Waals surface area (Å²) >= 11 is 0. The van der Waals surface area contributed by atoms with Crippen molar-refractivity contribution in [3.8, 4) is 0 Å².